The van der Waals surface area contributed by atoms with Gasteiger partial charge in [0.25, 0.3) is 0 Å². The first-order valence-electron chi connectivity index (χ1n) is 5.21. The van der Waals surface area contributed by atoms with Crippen molar-refractivity contribution >= 4 is 17.4 Å². The maximum absolute atomic E-state index is 5.86. The Hall–Kier alpha value is -1.65. The Kier molecular flexibility index (Phi) is 3.56. The minimum absolute atomic E-state index is 0.0824. The van der Waals surface area contributed by atoms with Crippen molar-refractivity contribution < 1.29 is 0 Å². The number of hydrogen-bond acceptors (Lipinski definition) is 4. The lowest BCUT2D eigenvalue weighted by molar-refractivity contribution is 0.670. The summed E-state index contributed by atoms with van der Waals surface area (Å²) >= 11 is 5.82. The fourth-order valence-corrected chi connectivity index (χ4v) is 1.81. The molecule has 1 atom stereocenters. The molecule has 0 amide bonds. The second-order valence-corrected chi connectivity index (χ2v) is 4.04. The lowest BCUT2D eigenvalue weighted by Gasteiger charge is -2.17. The van der Waals surface area contributed by atoms with E-state index in [1.807, 2.05) is 25.2 Å². The zero-order valence-corrected chi connectivity index (χ0v) is 10.1. The van der Waals surface area contributed by atoms with Crippen molar-refractivity contribution in [3.05, 3.63) is 52.9 Å². The molecule has 0 radical (unpaired) electrons. The molecule has 2 rings (SSSR count). The quantitative estimate of drug-likeness (QED) is 0.872. The highest BCUT2D eigenvalue weighted by Gasteiger charge is 2.16. The molecule has 0 saturated carbocycles. The molecular weight excluding hydrogens is 236 g/mol. The summed E-state index contributed by atoms with van der Waals surface area (Å²) in [5, 5.41) is 3.78. The van der Waals surface area contributed by atoms with Crippen molar-refractivity contribution in [2.45, 2.75) is 6.04 Å². The molecule has 17 heavy (non-hydrogen) atoms. The highest BCUT2D eigenvalue weighted by Crippen LogP contribution is 2.24. The number of nitrogens with zero attached hydrogens (tertiary/aromatic N) is 2. The summed E-state index contributed by atoms with van der Waals surface area (Å²) in [7, 11) is 1.85. The summed E-state index contributed by atoms with van der Waals surface area (Å²) < 4.78 is 0. The van der Waals surface area contributed by atoms with Gasteiger partial charge in [0.15, 0.2) is 0 Å². The third kappa shape index (κ3) is 2.54. The molecule has 4 nitrogen and oxygen atoms in total. The third-order valence-electron chi connectivity index (χ3n) is 2.52. The molecule has 0 aromatic carbocycles. The molecule has 1 unspecified atom stereocenters. The fraction of sp³-hybridized carbons (Fsp3) is 0.167. The van der Waals surface area contributed by atoms with Crippen molar-refractivity contribution in [2.24, 2.45) is 0 Å². The number of nitrogens with two attached hydrogens (primary N) is 1. The Labute approximate surface area is 105 Å². The van der Waals surface area contributed by atoms with Gasteiger partial charge in [0.2, 0.25) is 0 Å². The molecule has 0 aliphatic rings. The number of nitrogen functional groups attached to an aromatic ring is 1. The van der Waals surface area contributed by atoms with E-state index in [-0.39, 0.29) is 6.04 Å². The molecule has 2 aromatic heterocycles. The Balaban J connectivity index is 2.40. The van der Waals surface area contributed by atoms with E-state index in [2.05, 4.69) is 15.3 Å². The van der Waals surface area contributed by atoms with E-state index in [1.54, 1.807) is 18.5 Å². The largest absolute Gasteiger partial charge is 0.383 e. The van der Waals surface area contributed by atoms with Crippen LogP contribution in [-0.4, -0.2) is 17.0 Å². The second-order valence-electron chi connectivity index (χ2n) is 3.60. The molecule has 88 valence electrons. The molecule has 5 heteroatoms. The van der Waals surface area contributed by atoms with Crippen LogP contribution in [0.5, 0.6) is 0 Å². The topological polar surface area (TPSA) is 63.8 Å². The Bertz CT molecular complexity index is 498. The van der Waals surface area contributed by atoms with E-state index < -0.39 is 0 Å². The SMILES string of the molecule is CNC(c1ccc(Cl)cn1)c1cccnc1N. The lowest BCUT2D eigenvalue weighted by atomic mass is 10.0. The Morgan fingerprint density at radius 2 is 2.12 bits per heavy atom. The van der Waals surface area contributed by atoms with Crippen molar-refractivity contribution in [2.75, 3.05) is 12.8 Å². The van der Waals surface area contributed by atoms with E-state index in [1.165, 1.54) is 0 Å². The summed E-state index contributed by atoms with van der Waals surface area (Å²) in [6, 6.07) is 7.38. The molecule has 0 aliphatic carbocycles. The van der Waals surface area contributed by atoms with E-state index in [9.17, 15) is 0 Å². The molecule has 0 saturated heterocycles. The predicted molar refractivity (Wildman–Crippen MR) is 68.8 cm³/mol. The van der Waals surface area contributed by atoms with Crippen LogP contribution in [0.25, 0.3) is 0 Å². The summed E-state index contributed by atoms with van der Waals surface area (Å²) in [6.07, 6.45) is 3.29. The van der Waals surface area contributed by atoms with Crippen LogP contribution in [0.15, 0.2) is 36.7 Å². The smallest absolute Gasteiger partial charge is 0.128 e. The summed E-state index contributed by atoms with van der Waals surface area (Å²) in [5.74, 6) is 0.503. The van der Waals surface area contributed by atoms with Crippen LogP contribution in [0, 0.1) is 0 Å². The molecule has 0 bridgehead atoms. The molecule has 2 heterocycles. The molecular formula is C12H13ClN4. The molecule has 0 fully saturated rings. The minimum Gasteiger partial charge on any atom is -0.383 e. The maximum atomic E-state index is 5.86. The second kappa shape index (κ2) is 5.12. The van der Waals surface area contributed by atoms with Crippen LogP contribution >= 0.6 is 11.6 Å². The number of halogens is 1. The van der Waals surface area contributed by atoms with Crippen LogP contribution in [0.2, 0.25) is 5.02 Å². The number of hydrogen-bond donors (Lipinski definition) is 2. The van der Waals surface area contributed by atoms with E-state index in [0.717, 1.165) is 11.3 Å². The van der Waals surface area contributed by atoms with Gasteiger partial charge in [-0.2, -0.15) is 0 Å². The fourth-order valence-electron chi connectivity index (χ4n) is 1.69. The normalized spacial score (nSPS) is 12.4. The first-order chi connectivity index (χ1) is 8.22. The van der Waals surface area contributed by atoms with Gasteiger partial charge in [-0.3, -0.25) is 4.98 Å². The van der Waals surface area contributed by atoms with Crippen LogP contribution < -0.4 is 11.1 Å². The third-order valence-corrected chi connectivity index (χ3v) is 2.74. The van der Waals surface area contributed by atoms with Gasteiger partial charge in [-0.15, -0.1) is 0 Å². The lowest BCUT2D eigenvalue weighted by Crippen LogP contribution is -2.20. The molecule has 3 N–H and O–H groups in total. The van der Waals surface area contributed by atoms with E-state index in [0.29, 0.717) is 10.8 Å². The summed E-state index contributed by atoms with van der Waals surface area (Å²) in [4.78, 5) is 8.36. The van der Waals surface area contributed by atoms with Crippen LogP contribution in [0.3, 0.4) is 0 Å². The van der Waals surface area contributed by atoms with Crippen molar-refractivity contribution in [3.8, 4) is 0 Å². The first-order valence-corrected chi connectivity index (χ1v) is 5.59. The molecule has 2 aromatic rings. The van der Waals surface area contributed by atoms with Crippen LogP contribution in [0.4, 0.5) is 5.82 Å². The number of aromatic nitrogens is 2. The van der Waals surface area contributed by atoms with Gasteiger partial charge in [-0.1, -0.05) is 17.7 Å². The first kappa shape index (κ1) is 11.8. The standard InChI is InChI=1S/C12H13ClN4/c1-15-11(9-3-2-6-16-12(9)14)10-5-4-8(13)7-17-10/h2-7,11,15H,1H3,(H2,14,16). The highest BCUT2D eigenvalue weighted by molar-refractivity contribution is 6.30. The zero-order valence-electron chi connectivity index (χ0n) is 9.39. The van der Waals surface area contributed by atoms with Gasteiger partial charge in [-0.05, 0) is 25.2 Å². The van der Waals surface area contributed by atoms with Crippen LogP contribution in [-0.2, 0) is 0 Å². The maximum Gasteiger partial charge on any atom is 0.128 e. The van der Waals surface area contributed by atoms with Gasteiger partial charge in [0.1, 0.15) is 5.82 Å². The predicted octanol–water partition coefficient (Wildman–Crippen LogP) is 2.02. The number of nitrogens with one attached hydrogen (secondary N) is 1. The average Bonchev–Trinajstić information content (AvgIpc) is 2.35. The number of rotatable bonds is 3. The number of pyridine rings is 2. The average molecular weight is 249 g/mol. The van der Waals surface area contributed by atoms with Gasteiger partial charge in [-0.25, -0.2) is 4.98 Å². The molecule has 0 spiro atoms. The monoisotopic (exact) mass is 248 g/mol. The van der Waals surface area contributed by atoms with E-state index in [4.69, 9.17) is 17.3 Å². The van der Waals surface area contributed by atoms with Crippen molar-refractivity contribution in [1.82, 2.24) is 15.3 Å². The highest BCUT2D eigenvalue weighted by atomic mass is 35.5. The van der Waals surface area contributed by atoms with Crippen molar-refractivity contribution in [1.29, 1.82) is 0 Å². The number of anilines is 1. The molecule has 0 aliphatic heterocycles. The van der Waals surface area contributed by atoms with Crippen molar-refractivity contribution in [3.63, 3.8) is 0 Å². The van der Waals surface area contributed by atoms with Gasteiger partial charge < -0.3 is 11.1 Å². The zero-order chi connectivity index (χ0) is 12.3. The van der Waals surface area contributed by atoms with Gasteiger partial charge in [0.05, 0.1) is 16.8 Å². The van der Waals surface area contributed by atoms with Gasteiger partial charge in [0, 0.05) is 18.0 Å². The van der Waals surface area contributed by atoms with Crippen LogP contribution in [0.1, 0.15) is 17.3 Å². The summed E-state index contributed by atoms with van der Waals surface area (Å²) in [6.45, 7) is 0. The summed E-state index contributed by atoms with van der Waals surface area (Å²) in [5.41, 5.74) is 7.62. The Morgan fingerprint density at radius 3 is 2.71 bits per heavy atom. The Morgan fingerprint density at radius 1 is 1.29 bits per heavy atom. The minimum atomic E-state index is -0.0824. The van der Waals surface area contributed by atoms with Gasteiger partial charge >= 0.3 is 0 Å². The van der Waals surface area contributed by atoms with E-state index >= 15 is 0 Å².